The van der Waals surface area contributed by atoms with E-state index in [1.807, 2.05) is 0 Å². The third-order valence-electron chi connectivity index (χ3n) is 2.90. The summed E-state index contributed by atoms with van der Waals surface area (Å²) in [6.45, 7) is 1.77. The van der Waals surface area contributed by atoms with E-state index in [1.54, 1.807) is 13.0 Å². The number of anilines is 2. The monoisotopic (exact) mass is 343 g/mol. The summed E-state index contributed by atoms with van der Waals surface area (Å²) < 4.78 is 36.8. The summed E-state index contributed by atoms with van der Waals surface area (Å²) in [7, 11) is 0. The van der Waals surface area contributed by atoms with Crippen molar-refractivity contribution in [3.05, 3.63) is 52.7 Å². The average Bonchev–Trinajstić information content (AvgIpc) is 2.43. The summed E-state index contributed by atoms with van der Waals surface area (Å²) in [5.74, 6) is 0.318. The van der Waals surface area contributed by atoms with Gasteiger partial charge in [-0.2, -0.15) is 13.2 Å². The molecule has 2 rings (SSSR count). The molecule has 1 heterocycles. The fourth-order valence-corrected chi connectivity index (χ4v) is 1.93. The first kappa shape index (κ1) is 17.1. The molecule has 8 heteroatoms. The highest BCUT2D eigenvalue weighted by Gasteiger charge is 2.27. The zero-order valence-corrected chi connectivity index (χ0v) is 12.8. The number of halogens is 4. The molecule has 0 atom stereocenters. The van der Waals surface area contributed by atoms with Crippen LogP contribution in [0.3, 0.4) is 0 Å². The van der Waals surface area contributed by atoms with Crippen LogP contribution in [-0.2, 0) is 6.42 Å². The van der Waals surface area contributed by atoms with Gasteiger partial charge in [-0.25, -0.2) is 9.78 Å². The number of aromatic nitrogens is 1. The Bertz CT molecular complexity index is 702. The van der Waals surface area contributed by atoms with E-state index in [9.17, 15) is 18.0 Å². The van der Waals surface area contributed by atoms with Gasteiger partial charge in [-0.3, -0.25) is 5.32 Å². The topological polar surface area (TPSA) is 54.0 Å². The molecule has 0 spiro atoms. The molecule has 0 aliphatic heterocycles. The van der Waals surface area contributed by atoms with Crippen molar-refractivity contribution >= 4 is 29.1 Å². The maximum atomic E-state index is 12.3. The first-order valence-electron chi connectivity index (χ1n) is 6.59. The number of carbonyl (C=O) groups is 1. The lowest BCUT2D eigenvalue weighted by atomic mass is 10.1. The Morgan fingerprint density at radius 3 is 2.43 bits per heavy atom. The molecule has 0 bridgehead atoms. The third-order valence-corrected chi connectivity index (χ3v) is 3.30. The summed E-state index contributed by atoms with van der Waals surface area (Å²) in [5.41, 5.74) is 1.26. The zero-order chi connectivity index (χ0) is 17.0. The number of nitrogens with one attached hydrogen (secondary N) is 2. The summed E-state index contributed by atoms with van der Waals surface area (Å²) >= 11 is 5.84. The maximum absolute atomic E-state index is 12.3. The Morgan fingerprint density at radius 1 is 1.22 bits per heavy atom. The van der Waals surface area contributed by atoms with Gasteiger partial charge in [0.25, 0.3) is 0 Å². The van der Waals surface area contributed by atoms with Gasteiger partial charge in [-0.1, -0.05) is 23.7 Å². The standard InChI is InChI=1S/C15H13ClF3N3O/c1-9-6-13(20-8-12(9)16)22-14(23)21-11-4-2-10(3-5-11)7-15(17,18)19/h2-6,8H,7H2,1H3,(H2,20,21,22,23). The van der Waals surface area contributed by atoms with Crippen molar-refractivity contribution < 1.29 is 18.0 Å². The first-order chi connectivity index (χ1) is 10.7. The maximum Gasteiger partial charge on any atom is 0.393 e. The fourth-order valence-electron chi connectivity index (χ4n) is 1.82. The van der Waals surface area contributed by atoms with Gasteiger partial charge in [-0.05, 0) is 36.2 Å². The summed E-state index contributed by atoms with van der Waals surface area (Å²) in [6, 6.07) is 6.49. The van der Waals surface area contributed by atoms with Gasteiger partial charge >= 0.3 is 12.2 Å². The molecular weight excluding hydrogens is 331 g/mol. The molecule has 4 nitrogen and oxygen atoms in total. The number of carbonyl (C=O) groups excluding carboxylic acids is 1. The Labute approximate surface area is 135 Å². The molecule has 0 saturated heterocycles. The molecule has 0 aliphatic carbocycles. The Balaban J connectivity index is 1.96. The number of urea groups is 1. The predicted octanol–water partition coefficient (Wildman–Crippen LogP) is 4.79. The number of pyridine rings is 1. The highest BCUT2D eigenvalue weighted by Crippen LogP contribution is 2.22. The van der Waals surface area contributed by atoms with Gasteiger partial charge in [0.1, 0.15) is 5.82 Å². The lowest BCUT2D eigenvalue weighted by Gasteiger charge is -2.09. The van der Waals surface area contributed by atoms with Crippen LogP contribution in [0, 0.1) is 6.92 Å². The van der Waals surface area contributed by atoms with E-state index < -0.39 is 18.6 Å². The van der Waals surface area contributed by atoms with Gasteiger partial charge in [0, 0.05) is 11.9 Å². The number of hydrogen-bond donors (Lipinski definition) is 2. The van der Waals surface area contributed by atoms with E-state index in [2.05, 4.69) is 15.6 Å². The Hall–Kier alpha value is -2.28. The number of nitrogens with zero attached hydrogens (tertiary/aromatic N) is 1. The molecule has 0 fully saturated rings. The Kier molecular flexibility index (Phi) is 5.10. The summed E-state index contributed by atoms with van der Waals surface area (Å²) in [5, 5.41) is 5.50. The van der Waals surface area contributed by atoms with Crippen LogP contribution in [0.4, 0.5) is 29.5 Å². The molecule has 23 heavy (non-hydrogen) atoms. The molecule has 0 radical (unpaired) electrons. The van der Waals surface area contributed by atoms with Crippen LogP contribution >= 0.6 is 11.6 Å². The van der Waals surface area contributed by atoms with Crippen molar-refractivity contribution in [1.29, 1.82) is 0 Å². The normalized spacial score (nSPS) is 11.2. The van der Waals surface area contributed by atoms with E-state index in [-0.39, 0.29) is 5.56 Å². The fraction of sp³-hybridized carbons (Fsp3) is 0.200. The number of alkyl halides is 3. The van der Waals surface area contributed by atoms with E-state index in [4.69, 9.17) is 11.6 Å². The lowest BCUT2D eigenvalue weighted by molar-refractivity contribution is -0.127. The minimum atomic E-state index is -4.26. The lowest BCUT2D eigenvalue weighted by Crippen LogP contribution is -2.20. The van der Waals surface area contributed by atoms with Gasteiger partial charge in [0.05, 0.1) is 11.4 Å². The first-order valence-corrected chi connectivity index (χ1v) is 6.96. The summed E-state index contributed by atoms with van der Waals surface area (Å²) in [4.78, 5) is 15.8. The highest BCUT2D eigenvalue weighted by molar-refractivity contribution is 6.31. The molecule has 0 unspecified atom stereocenters. The molecule has 2 N–H and O–H groups in total. The molecular formula is C15H13ClF3N3O. The minimum Gasteiger partial charge on any atom is -0.308 e. The van der Waals surface area contributed by atoms with Gasteiger partial charge < -0.3 is 5.32 Å². The quantitative estimate of drug-likeness (QED) is 0.841. The molecule has 1 aromatic heterocycles. The predicted molar refractivity (Wildman–Crippen MR) is 82.8 cm³/mol. The van der Waals surface area contributed by atoms with E-state index >= 15 is 0 Å². The molecule has 0 aliphatic rings. The van der Waals surface area contributed by atoms with Gasteiger partial charge in [-0.15, -0.1) is 0 Å². The third kappa shape index (κ3) is 5.45. The van der Waals surface area contributed by atoms with Crippen LogP contribution in [0.1, 0.15) is 11.1 Å². The van der Waals surface area contributed by atoms with Crippen LogP contribution in [-0.4, -0.2) is 17.2 Å². The van der Waals surface area contributed by atoms with Gasteiger partial charge in [0.15, 0.2) is 0 Å². The van der Waals surface area contributed by atoms with Crippen LogP contribution in [0.15, 0.2) is 36.5 Å². The number of hydrogen-bond acceptors (Lipinski definition) is 2. The van der Waals surface area contributed by atoms with Crippen LogP contribution in [0.5, 0.6) is 0 Å². The van der Waals surface area contributed by atoms with Crippen molar-refractivity contribution in [3.8, 4) is 0 Å². The van der Waals surface area contributed by atoms with Crippen molar-refractivity contribution in [3.63, 3.8) is 0 Å². The van der Waals surface area contributed by atoms with E-state index in [1.165, 1.54) is 30.5 Å². The average molecular weight is 344 g/mol. The van der Waals surface area contributed by atoms with Crippen molar-refractivity contribution in [2.75, 3.05) is 10.6 Å². The number of rotatable bonds is 3. The zero-order valence-electron chi connectivity index (χ0n) is 12.0. The van der Waals surface area contributed by atoms with Crippen LogP contribution in [0.2, 0.25) is 5.02 Å². The second kappa shape index (κ2) is 6.87. The largest absolute Gasteiger partial charge is 0.393 e. The molecule has 122 valence electrons. The van der Waals surface area contributed by atoms with E-state index in [0.29, 0.717) is 16.5 Å². The van der Waals surface area contributed by atoms with E-state index in [0.717, 1.165) is 5.56 Å². The highest BCUT2D eigenvalue weighted by atomic mass is 35.5. The number of benzene rings is 1. The molecule has 2 aromatic rings. The second-order valence-corrected chi connectivity index (χ2v) is 5.29. The Morgan fingerprint density at radius 2 is 1.87 bits per heavy atom. The smallest absolute Gasteiger partial charge is 0.308 e. The SMILES string of the molecule is Cc1cc(NC(=O)Nc2ccc(CC(F)(F)F)cc2)ncc1Cl. The molecule has 1 aromatic carbocycles. The summed E-state index contributed by atoms with van der Waals surface area (Å²) in [6.07, 6.45) is -3.85. The van der Waals surface area contributed by atoms with Crippen molar-refractivity contribution in [2.24, 2.45) is 0 Å². The number of amides is 2. The van der Waals surface area contributed by atoms with Crippen molar-refractivity contribution in [2.45, 2.75) is 19.5 Å². The van der Waals surface area contributed by atoms with Crippen LogP contribution < -0.4 is 10.6 Å². The van der Waals surface area contributed by atoms with Crippen LogP contribution in [0.25, 0.3) is 0 Å². The van der Waals surface area contributed by atoms with Crippen molar-refractivity contribution in [1.82, 2.24) is 4.98 Å². The minimum absolute atomic E-state index is 0.124. The number of aryl methyl sites for hydroxylation is 1. The van der Waals surface area contributed by atoms with Gasteiger partial charge in [0.2, 0.25) is 0 Å². The second-order valence-electron chi connectivity index (χ2n) is 4.89. The molecule has 2 amide bonds. The molecule has 0 saturated carbocycles.